The lowest BCUT2D eigenvalue weighted by molar-refractivity contribution is -0.141. The summed E-state index contributed by atoms with van der Waals surface area (Å²) < 4.78 is 38.2. The zero-order valence-electron chi connectivity index (χ0n) is 15.1. The van der Waals surface area contributed by atoms with Crippen molar-refractivity contribution < 1.29 is 18.0 Å². The number of fused-ring (bicyclic) bond motifs is 3. The van der Waals surface area contributed by atoms with Crippen molar-refractivity contribution in [1.82, 2.24) is 20.2 Å². The number of urea groups is 1. The highest BCUT2D eigenvalue weighted by atomic mass is 19.4. The number of amides is 2. The number of hydrogen-bond donors (Lipinski definition) is 1. The normalized spacial score (nSPS) is 19.0. The Balaban J connectivity index is 1.38. The molecule has 0 aliphatic carbocycles. The van der Waals surface area contributed by atoms with Gasteiger partial charge in [0.1, 0.15) is 11.5 Å². The van der Waals surface area contributed by atoms with Crippen LogP contribution >= 0.6 is 0 Å². The monoisotopic (exact) mass is 391 g/mol. The van der Waals surface area contributed by atoms with Gasteiger partial charge in [-0.15, -0.1) is 0 Å². The topological polar surface area (TPSA) is 61.4 Å². The zero-order chi connectivity index (χ0) is 19.7. The van der Waals surface area contributed by atoms with E-state index in [2.05, 4.69) is 32.3 Å². The third kappa shape index (κ3) is 3.74. The van der Waals surface area contributed by atoms with Crippen molar-refractivity contribution in [2.75, 3.05) is 24.5 Å². The number of halogens is 3. The molecule has 1 N–H and O–H groups in total. The molecule has 28 heavy (non-hydrogen) atoms. The number of para-hydroxylation sites is 1. The van der Waals surface area contributed by atoms with Crippen LogP contribution in [0.25, 0.3) is 0 Å². The van der Waals surface area contributed by atoms with Crippen LogP contribution in [0.4, 0.5) is 23.7 Å². The Labute approximate surface area is 160 Å². The number of benzene rings is 1. The molecular formula is C19H20F3N5O. The minimum atomic E-state index is -4.53. The zero-order valence-corrected chi connectivity index (χ0v) is 15.1. The van der Waals surface area contributed by atoms with E-state index in [4.69, 9.17) is 0 Å². The summed E-state index contributed by atoms with van der Waals surface area (Å²) in [5.74, 6) is -0.0621. The highest BCUT2D eigenvalue weighted by molar-refractivity contribution is 5.74. The molecule has 1 fully saturated rings. The van der Waals surface area contributed by atoms with Crippen molar-refractivity contribution in [3.05, 3.63) is 53.6 Å². The van der Waals surface area contributed by atoms with Crippen molar-refractivity contribution in [2.24, 2.45) is 0 Å². The Hall–Kier alpha value is -2.84. The lowest BCUT2D eigenvalue weighted by atomic mass is 10.1. The Morgan fingerprint density at radius 1 is 1.21 bits per heavy atom. The number of hydrogen-bond acceptors (Lipinski definition) is 4. The molecule has 1 atom stereocenters. The van der Waals surface area contributed by atoms with Gasteiger partial charge in [0.25, 0.3) is 0 Å². The second kappa shape index (κ2) is 7.29. The number of aromatic nitrogens is 2. The molecule has 1 aromatic heterocycles. The molecule has 0 saturated carbocycles. The molecular weight excluding hydrogens is 371 g/mol. The lowest BCUT2D eigenvalue weighted by Gasteiger charge is -2.27. The smallest absolute Gasteiger partial charge is 0.366 e. The standard InChI is InChI=1S/C19H20F3N5O/c20-19(21,22)16-6-7-23-17(25-16)11-24-18(28)26-8-3-9-27-14(12-26)10-13-4-1-2-5-15(13)27/h1-2,4-7,14H,3,8-12H2,(H,24,28). The van der Waals surface area contributed by atoms with Crippen molar-refractivity contribution in [2.45, 2.75) is 31.6 Å². The Morgan fingerprint density at radius 3 is 2.86 bits per heavy atom. The molecule has 0 radical (unpaired) electrons. The summed E-state index contributed by atoms with van der Waals surface area (Å²) in [5, 5.41) is 2.65. The van der Waals surface area contributed by atoms with Crippen LogP contribution in [0.5, 0.6) is 0 Å². The fraction of sp³-hybridized carbons (Fsp3) is 0.421. The summed E-state index contributed by atoms with van der Waals surface area (Å²) in [7, 11) is 0. The van der Waals surface area contributed by atoms with Crippen LogP contribution in [0.3, 0.4) is 0 Å². The van der Waals surface area contributed by atoms with Crippen LogP contribution < -0.4 is 10.2 Å². The van der Waals surface area contributed by atoms with Crippen LogP contribution in [0.1, 0.15) is 23.5 Å². The van der Waals surface area contributed by atoms with Crippen molar-refractivity contribution in [3.63, 3.8) is 0 Å². The first-order chi connectivity index (χ1) is 13.4. The second-order valence-corrected chi connectivity index (χ2v) is 6.99. The van der Waals surface area contributed by atoms with E-state index in [9.17, 15) is 18.0 Å². The molecule has 2 aliphatic heterocycles. The van der Waals surface area contributed by atoms with Gasteiger partial charge in [-0.2, -0.15) is 13.2 Å². The molecule has 9 heteroatoms. The molecule has 1 aromatic carbocycles. The van der Waals surface area contributed by atoms with Gasteiger partial charge in [0.05, 0.1) is 12.6 Å². The molecule has 2 amide bonds. The SMILES string of the molecule is O=C(NCc1nccc(C(F)(F)F)n1)N1CCCN2c3ccccc3CC2C1. The summed E-state index contributed by atoms with van der Waals surface area (Å²) in [6.07, 6.45) is -1.76. The van der Waals surface area contributed by atoms with E-state index < -0.39 is 11.9 Å². The molecule has 148 valence electrons. The summed E-state index contributed by atoms with van der Waals surface area (Å²) in [6, 6.07) is 8.98. The van der Waals surface area contributed by atoms with E-state index in [0.29, 0.717) is 13.1 Å². The molecule has 3 heterocycles. The Morgan fingerprint density at radius 2 is 2.04 bits per heavy atom. The van der Waals surface area contributed by atoms with E-state index in [1.807, 2.05) is 12.1 Å². The maximum atomic E-state index is 12.7. The van der Waals surface area contributed by atoms with Gasteiger partial charge in [-0.1, -0.05) is 18.2 Å². The number of rotatable bonds is 2. The van der Waals surface area contributed by atoms with E-state index >= 15 is 0 Å². The van der Waals surface area contributed by atoms with Gasteiger partial charge < -0.3 is 15.1 Å². The van der Waals surface area contributed by atoms with Crippen LogP contribution in [0.15, 0.2) is 36.5 Å². The minimum Gasteiger partial charge on any atom is -0.366 e. The third-order valence-corrected chi connectivity index (χ3v) is 5.14. The second-order valence-electron chi connectivity index (χ2n) is 6.99. The predicted octanol–water partition coefficient (Wildman–Crippen LogP) is 2.84. The number of nitrogens with one attached hydrogen (secondary N) is 1. The third-order valence-electron chi connectivity index (χ3n) is 5.14. The molecule has 1 unspecified atom stereocenters. The lowest BCUT2D eigenvalue weighted by Crippen LogP contribution is -2.45. The maximum absolute atomic E-state index is 12.7. The molecule has 2 aliphatic rings. The number of anilines is 1. The van der Waals surface area contributed by atoms with E-state index in [0.717, 1.165) is 31.6 Å². The Bertz CT molecular complexity index is 873. The van der Waals surface area contributed by atoms with E-state index in [1.165, 1.54) is 11.3 Å². The van der Waals surface area contributed by atoms with Crippen LogP contribution in [0, 0.1) is 0 Å². The van der Waals surface area contributed by atoms with Gasteiger partial charge >= 0.3 is 12.2 Å². The predicted molar refractivity (Wildman–Crippen MR) is 96.7 cm³/mol. The maximum Gasteiger partial charge on any atom is 0.433 e. The number of carbonyl (C=O) groups excluding carboxylic acids is 1. The fourth-order valence-electron chi connectivity index (χ4n) is 3.86. The Kier molecular flexibility index (Phi) is 4.82. The molecule has 0 spiro atoms. The minimum absolute atomic E-state index is 0.0621. The average molecular weight is 391 g/mol. The van der Waals surface area contributed by atoms with Gasteiger partial charge in [-0.3, -0.25) is 0 Å². The van der Waals surface area contributed by atoms with Gasteiger partial charge in [-0.25, -0.2) is 14.8 Å². The van der Waals surface area contributed by atoms with Crippen LogP contribution in [0.2, 0.25) is 0 Å². The molecule has 0 bridgehead atoms. The first-order valence-electron chi connectivity index (χ1n) is 9.18. The average Bonchev–Trinajstić information content (AvgIpc) is 2.88. The van der Waals surface area contributed by atoms with Gasteiger partial charge in [0.15, 0.2) is 0 Å². The fourth-order valence-corrected chi connectivity index (χ4v) is 3.86. The number of nitrogens with zero attached hydrogens (tertiary/aromatic N) is 4. The number of alkyl halides is 3. The van der Waals surface area contributed by atoms with Crippen molar-refractivity contribution in [3.8, 4) is 0 Å². The van der Waals surface area contributed by atoms with E-state index in [-0.39, 0.29) is 24.4 Å². The highest BCUT2D eigenvalue weighted by Gasteiger charge is 2.34. The molecule has 4 rings (SSSR count). The summed E-state index contributed by atoms with van der Waals surface area (Å²) in [6.45, 7) is 1.91. The molecule has 6 nitrogen and oxygen atoms in total. The quantitative estimate of drug-likeness (QED) is 0.855. The van der Waals surface area contributed by atoms with Crippen LogP contribution in [-0.2, 0) is 19.1 Å². The molecule has 1 saturated heterocycles. The summed E-state index contributed by atoms with van der Waals surface area (Å²) >= 11 is 0. The largest absolute Gasteiger partial charge is 0.433 e. The summed E-state index contributed by atoms with van der Waals surface area (Å²) in [5.41, 5.74) is 1.50. The molecule has 2 aromatic rings. The van der Waals surface area contributed by atoms with E-state index in [1.54, 1.807) is 4.90 Å². The first-order valence-corrected chi connectivity index (χ1v) is 9.18. The van der Waals surface area contributed by atoms with Gasteiger partial charge in [0, 0.05) is 31.5 Å². The highest BCUT2D eigenvalue weighted by Crippen LogP contribution is 2.33. The van der Waals surface area contributed by atoms with Crippen molar-refractivity contribution in [1.29, 1.82) is 0 Å². The van der Waals surface area contributed by atoms with Gasteiger partial charge in [-0.05, 0) is 30.5 Å². The first kappa shape index (κ1) is 18.5. The van der Waals surface area contributed by atoms with Gasteiger partial charge in [0.2, 0.25) is 0 Å². The summed E-state index contributed by atoms with van der Waals surface area (Å²) in [4.78, 5) is 24.0. The van der Waals surface area contributed by atoms with Crippen LogP contribution in [-0.4, -0.2) is 46.6 Å². The van der Waals surface area contributed by atoms with Crippen molar-refractivity contribution >= 4 is 11.7 Å². The number of carbonyl (C=O) groups is 1.